The molecule has 27 heavy (non-hydrogen) atoms. The molecule has 1 saturated heterocycles. The average molecular weight is 391 g/mol. The molecule has 8 heteroatoms. The summed E-state index contributed by atoms with van der Waals surface area (Å²) in [6.45, 7) is 6.26. The van der Waals surface area contributed by atoms with Gasteiger partial charge in [0.25, 0.3) is 0 Å². The second-order valence-electron chi connectivity index (χ2n) is 6.73. The Balaban J connectivity index is 1.60. The second-order valence-corrected chi connectivity index (χ2v) is 8.46. The quantitative estimate of drug-likeness (QED) is 0.781. The van der Waals surface area contributed by atoms with E-state index in [0.717, 1.165) is 37.3 Å². The molecule has 0 amide bonds. The molecule has 2 aromatic rings. The van der Waals surface area contributed by atoms with E-state index in [4.69, 9.17) is 4.74 Å². The molecule has 1 N–H and O–H groups in total. The van der Waals surface area contributed by atoms with Gasteiger partial charge in [-0.1, -0.05) is 6.07 Å². The van der Waals surface area contributed by atoms with Crippen molar-refractivity contribution in [2.24, 2.45) is 5.92 Å². The Morgan fingerprint density at radius 3 is 2.70 bits per heavy atom. The first-order valence-corrected chi connectivity index (χ1v) is 10.7. The predicted octanol–water partition coefficient (Wildman–Crippen LogP) is 2.38. The zero-order valence-corrected chi connectivity index (χ0v) is 16.6. The van der Waals surface area contributed by atoms with Crippen LogP contribution in [0.15, 0.2) is 41.7 Å². The summed E-state index contributed by atoms with van der Waals surface area (Å²) < 4.78 is 33.8. The molecule has 0 aliphatic carbocycles. The van der Waals surface area contributed by atoms with E-state index in [9.17, 15) is 8.42 Å². The lowest BCUT2D eigenvalue weighted by Crippen LogP contribution is -2.39. The number of sulfonamides is 1. The molecule has 3 rings (SSSR count). The van der Waals surface area contributed by atoms with Crippen LogP contribution in [-0.2, 0) is 10.0 Å². The number of nitrogens with zero attached hydrogens (tertiary/aromatic N) is 3. The molecule has 0 saturated carbocycles. The standard InChI is InChI=1S/C19H26N4O3S/c1-3-26-17-5-4-15(2)12-18(17)27(24,25)22-13-16-6-10-23(11-7-16)19-14-20-8-9-21-19/h4-5,8-9,12,14,16,22H,3,6-7,10-11,13H2,1-2H3. The molecule has 2 heterocycles. The minimum absolute atomic E-state index is 0.210. The van der Waals surface area contributed by atoms with Crippen molar-refractivity contribution in [1.82, 2.24) is 14.7 Å². The molecule has 7 nitrogen and oxygen atoms in total. The van der Waals surface area contributed by atoms with E-state index in [0.29, 0.717) is 24.8 Å². The number of ether oxygens (including phenoxy) is 1. The highest BCUT2D eigenvalue weighted by molar-refractivity contribution is 7.89. The first-order valence-electron chi connectivity index (χ1n) is 9.23. The Morgan fingerprint density at radius 2 is 2.04 bits per heavy atom. The molecule has 1 aromatic carbocycles. The number of hydrogen-bond acceptors (Lipinski definition) is 6. The minimum Gasteiger partial charge on any atom is -0.492 e. The van der Waals surface area contributed by atoms with Gasteiger partial charge in [-0.15, -0.1) is 0 Å². The summed E-state index contributed by atoms with van der Waals surface area (Å²) in [5, 5.41) is 0. The van der Waals surface area contributed by atoms with Gasteiger partial charge < -0.3 is 9.64 Å². The summed E-state index contributed by atoms with van der Waals surface area (Å²) in [7, 11) is -3.61. The summed E-state index contributed by atoms with van der Waals surface area (Å²) in [6.07, 6.45) is 6.92. The van der Waals surface area contributed by atoms with Crippen molar-refractivity contribution >= 4 is 15.8 Å². The van der Waals surface area contributed by atoms with Crippen LogP contribution in [0.5, 0.6) is 5.75 Å². The van der Waals surface area contributed by atoms with Crippen molar-refractivity contribution < 1.29 is 13.2 Å². The zero-order valence-electron chi connectivity index (χ0n) is 15.8. The van der Waals surface area contributed by atoms with Crippen molar-refractivity contribution in [3.05, 3.63) is 42.4 Å². The fourth-order valence-corrected chi connectivity index (χ4v) is 4.57. The van der Waals surface area contributed by atoms with Crippen LogP contribution in [0.2, 0.25) is 0 Å². The van der Waals surface area contributed by atoms with Crippen LogP contribution < -0.4 is 14.4 Å². The molecule has 1 aliphatic heterocycles. The van der Waals surface area contributed by atoms with Gasteiger partial charge in [0.1, 0.15) is 16.5 Å². The van der Waals surface area contributed by atoms with E-state index in [1.54, 1.807) is 30.7 Å². The van der Waals surface area contributed by atoms with Gasteiger partial charge in [0.05, 0.1) is 12.8 Å². The summed E-state index contributed by atoms with van der Waals surface area (Å²) in [5.74, 6) is 1.57. The average Bonchev–Trinajstić information content (AvgIpc) is 2.69. The maximum absolute atomic E-state index is 12.8. The third-order valence-electron chi connectivity index (χ3n) is 4.74. The number of benzene rings is 1. The number of aryl methyl sites for hydroxylation is 1. The van der Waals surface area contributed by atoms with Crippen molar-refractivity contribution in [1.29, 1.82) is 0 Å². The topological polar surface area (TPSA) is 84.4 Å². The first kappa shape index (κ1) is 19.6. The summed E-state index contributed by atoms with van der Waals surface area (Å²) >= 11 is 0. The van der Waals surface area contributed by atoms with Crippen LogP contribution in [0.1, 0.15) is 25.3 Å². The molecule has 0 bridgehead atoms. The van der Waals surface area contributed by atoms with Gasteiger partial charge in [-0.25, -0.2) is 18.1 Å². The Kier molecular flexibility index (Phi) is 6.28. The SMILES string of the molecule is CCOc1ccc(C)cc1S(=O)(=O)NCC1CCN(c2cnccn2)CC1. The third kappa shape index (κ3) is 4.95. The number of hydrogen-bond donors (Lipinski definition) is 1. The third-order valence-corrected chi connectivity index (χ3v) is 6.18. The predicted molar refractivity (Wildman–Crippen MR) is 105 cm³/mol. The highest BCUT2D eigenvalue weighted by atomic mass is 32.2. The maximum atomic E-state index is 12.8. The van der Waals surface area contributed by atoms with Crippen LogP contribution >= 0.6 is 0 Å². The second kappa shape index (κ2) is 8.67. The largest absolute Gasteiger partial charge is 0.492 e. The summed E-state index contributed by atoms with van der Waals surface area (Å²) in [6, 6.07) is 5.23. The molecule has 1 fully saturated rings. The fraction of sp³-hybridized carbons (Fsp3) is 0.474. The van der Waals surface area contributed by atoms with Crippen molar-refractivity contribution in [2.75, 3.05) is 31.1 Å². The van der Waals surface area contributed by atoms with E-state index in [-0.39, 0.29) is 4.90 Å². The number of nitrogens with one attached hydrogen (secondary N) is 1. The first-order chi connectivity index (χ1) is 13.0. The van der Waals surface area contributed by atoms with Gasteiger partial charge in [-0.2, -0.15) is 0 Å². The normalized spacial score (nSPS) is 15.7. The monoisotopic (exact) mass is 390 g/mol. The smallest absolute Gasteiger partial charge is 0.244 e. The van der Waals surface area contributed by atoms with Gasteiger partial charge in [0.15, 0.2) is 0 Å². The highest BCUT2D eigenvalue weighted by Gasteiger charge is 2.24. The van der Waals surface area contributed by atoms with Gasteiger partial charge >= 0.3 is 0 Å². The van der Waals surface area contributed by atoms with Gasteiger partial charge in [-0.05, 0) is 50.3 Å². The number of aromatic nitrogens is 2. The molecular formula is C19H26N4O3S. The van der Waals surface area contributed by atoms with Crippen LogP contribution in [0.4, 0.5) is 5.82 Å². The maximum Gasteiger partial charge on any atom is 0.244 e. The summed E-state index contributed by atoms with van der Waals surface area (Å²) in [4.78, 5) is 10.8. The van der Waals surface area contributed by atoms with Gasteiger partial charge in [-0.3, -0.25) is 4.98 Å². The van der Waals surface area contributed by atoms with Crippen molar-refractivity contribution in [2.45, 2.75) is 31.6 Å². The lowest BCUT2D eigenvalue weighted by Gasteiger charge is -2.32. The zero-order chi connectivity index (χ0) is 19.3. The van der Waals surface area contributed by atoms with E-state index in [1.165, 1.54) is 0 Å². The van der Waals surface area contributed by atoms with Crippen LogP contribution in [0.25, 0.3) is 0 Å². The van der Waals surface area contributed by atoms with Crippen LogP contribution in [-0.4, -0.2) is 44.6 Å². The number of anilines is 1. The minimum atomic E-state index is -3.61. The molecule has 1 aliphatic rings. The Bertz CT molecular complexity index is 851. The molecule has 0 spiro atoms. The van der Waals surface area contributed by atoms with Crippen molar-refractivity contribution in [3.63, 3.8) is 0 Å². The lowest BCUT2D eigenvalue weighted by atomic mass is 9.97. The number of piperidine rings is 1. The van der Waals surface area contributed by atoms with E-state index in [2.05, 4.69) is 19.6 Å². The molecule has 0 atom stereocenters. The Hall–Kier alpha value is -2.19. The van der Waals surface area contributed by atoms with Crippen LogP contribution in [0.3, 0.4) is 0 Å². The van der Waals surface area contributed by atoms with Crippen molar-refractivity contribution in [3.8, 4) is 5.75 Å². The van der Waals surface area contributed by atoms with Gasteiger partial charge in [0, 0.05) is 32.0 Å². The summed E-state index contributed by atoms with van der Waals surface area (Å²) in [5.41, 5.74) is 0.885. The fourth-order valence-electron chi connectivity index (χ4n) is 3.23. The van der Waals surface area contributed by atoms with E-state index >= 15 is 0 Å². The molecule has 1 aromatic heterocycles. The van der Waals surface area contributed by atoms with E-state index < -0.39 is 10.0 Å². The van der Waals surface area contributed by atoms with Crippen LogP contribution in [0, 0.1) is 12.8 Å². The molecule has 146 valence electrons. The lowest BCUT2D eigenvalue weighted by molar-refractivity contribution is 0.330. The molecule has 0 radical (unpaired) electrons. The molecular weight excluding hydrogens is 364 g/mol. The van der Waals surface area contributed by atoms with Gasteiger partial charge in [0.2, 0.25) is 10.0 Å². The number of rotatable bonds is 7. The van der Waals surface area contributed by atoms with E-state index in [1.807, 2.05) is 19.9 Å². The Morgan fingerprint density at radius 1 is 1.26 bits per heavy atom. The molecule has 0 unspecified atom stereocenters. The Labute approximate surface area is 160 Å². The highest BCUT2D eigenvalue weighted by Crippen LogP contribution is 2.26.